The summed E-state index contributed by atoms with van der Waals surface area (Å²) in [6.45, 7) is 3.00. The Hall–Kier alpha value is -1.11. The molecule has 2 rings (SSSR count). The third-order valence-corrected chi connectivity index (χ3v) is 5.54. The van der Waals surface area contributed by atoms with Gasteiger partial charge < -0.3 is 10.5 Å². The number of hydrogen-bond donors (Lipinski definition) is 1. The number of nitrogen functional groups attached to an aromatic ring is 1. The number of hydrogen-bond acceptors (Lipinski definition) is 4. The summed E-state index contributed by atoms with van der Waals surface area (Å²) in [5, 5.41) is 0. The van der Waals surface area contributed by atoms with Crippen molar-refractivity contribution in [1.29, 1.82) is 0 Å². The van der Waals surface area contributed by atoms with Crippen molar-refractivity contribution in [2.24, 2.45) is 0 Å². The van der Waals surface area contributed by atoms with Crippen LogP contribution in [0.4, 0.5) is 5.69 Å². The Balaban J connectivity index is 2.40. The lowest BCUT2D eigenvalue weighted by atomic mass is 10.1. The van der Waals surface area contributed by atoms with Crippen molar-refractivity contribution >= 4 is 15.7 Å². The molecule has 6 heteroatoms. The molecule has 0 amide bonds. The minimum atomic E-state index is -3.51. The SMILES string of the molecule is CCc1ccc(N)cc1S(=O)(=O)N(C)C1CCOC1. The summed E-state index contributed by atoms with van der Waals surface area (Å²) in [7, 11) is -1.91. The van der Waals surface area contributed by atoms with Gasteiger partial charge in [-0.25, -0.2) is 8.42 Å². The van der Waals surface area contributed by atoms with Crippen LogP contribution in [0.5, 0.6) is 0 Å². The van der Waals surface area contributed by atoms with Crippen LogP contribution in [-0.4, -0.2) is 39.0 Å². The normalized spacial score (nSPS) is 20.1. The van der Waals surface area contributed by atoms with E-state index in [4.69, 9.17) is 10.5 Å². The molecule has 0 aliphatic carbocycles. The standard InChI is InChI=1S/C13H20N2O3S/c1-3-10-4-5-11(14)8-13(10)19(16,17)15(2)12-6-7-18-9-12/h4-5,8,12H,3,6-7,9,14H2,1-2H3. The number of ether oxygens (including phenoxy) is 1. The third-order valence-electron chi connectivity index (χ3n) is 3.55. The summed E-state index contributed by atoms with van der Waals surface area (Å²) < 4.78 is 32.0. The van der Waals surface area contributed by atoms with Gasteiger partial charge in [-0.1, -0.05) is 13.0 Å². The Morgan fingerprint density at radius 1 is 1.47 bits per heavy atom. The van der Waals surface area contributed by atoms with Crippen molar-refractivity contribution in [3.05, 3.63) is 23.8 Å². The number of nitrogens with two attached hydrogens (primary N) is 1. The van der Waals surface area contributed by atoms with Crippen LogP contribution in [0, 0.1) is 0 Å². The van der Waals surface area contributed by atoms with E-state index in [0.717, 1.165) is 12.0 Å². The Kier molecular flexibility index (Phi) is 4.13. The van der Waals surface area contributed by atoms with Crippen molar-refractivity contribution in [2.75, 3.05) is 26.0 Å². The molecule has 0 saturated carbocycles. The molecule has 1 atom stereocenters. The topological polar surface area (TPSA) is 72.6 Å². The Bertz CT molecular complexity index is 551. The van der Waals surface area contributed by atoms with Crippen LogP contribution in [0.3, 0.4) is 0 Å². The van der Waals surface area contributed by atoms with Crippen LogP contribution in [0.1, 0.15) is 18.9 Å². The number of nitrogens with zero attached hydrogens (tertiary/aromatic N) is 1. The number of rotatable bonds is 4. The van der Waals surface area contributed by atoms with Crippen LogP contribution in [0.25, 0.3) is 0 Å². The number of aryl methyl sites for hydroxylation is 1. The van der Waals surface area contributed by atoms with Gasteiger partial charge in [-0.2, -0.15) is 4.31 Å². The molecule has 1 unspecified atom stereocenters. The van der Waals surface area contributed by atoms with Gasteiger partial charge in [0, 0.05) is 19.3 Å². The van der Waals surface area contributed by atoms with E-state index in [0.29, 0.717) is 30.2 Å². The fraction of sp³-hybridized carbons (Fsp3) is 0.538. The van der Waals surface area contributed by atoms with Gasteiger partial charge in [0.2, 0.25) is 10.0 Å². The lowest BCUT2D eigenvalue weighted by molar-refractivity contribution is 0.181. The van der Waals surface area contributed by atoms with Gasteiger partial charge in [0.25, 0.3) is 0 Å². The molecule has 1 saturated heterocycles. The summed E-state index contributed by atoms with van der Waals surface area (Å²) in [6, 6.07) is 4.97. The molecule has 0 aromatic heterocycles. The fourth-order valence-electron chi connectivity index (χ4n) is 2.26. The van der Waals surface area contributed by atoms with E-state index in [-0.39, 0.29) is 6.04 Å². The minimum Gasteiger partial charge on any atom is -0.399 e. The molecule has 5 nitrogen and oxygen atoms in total. The maximum atomic E-state index is 12.7. The fourth-order valence-corrected chi connectivity index (χ4v) is 3.96. The van der Waals surface area contributed by atoms with Crippen LogP contribution in [0.15, 0.2) is 23.1 Å². The second-order valence-corrected chi connectivity index (χ2v) is 6.73. The minimum absolute atomic E-state index is 0.0869. The van der Waals surface area contributed by atoms with E-state index in [1.54, 1.807) is 25.2 Å². The van der Waals surface area contributed by atoms with Gasteiger partial charge in [0.05, 0.1) is 17.5 Å². The van der Waals surface area contributed by atoms with Gasteiger partial charge in [-0.15, -0.1) is 0 Å². The zero-order valence-electron chi connectivity index (χ0n) is 11.3. The summed E-state index contributed by atoms with van der Waals surface area (Å²) in [4.78, 5) is 0.310. The monoisotopic (exact) mass is 284 g/mol. The van der Waals surface area contributed by atoms with Gasteiger partial charge in [0.15, 0.2) is 0 Å². The van der Waals surface area contributed by atoms with Crippen LogP contribution in [0.2, 0.25) is 0 Å². The van der Waals surface area contributed by atoms with Crippen LogP contribution >= 0.6 is 0 Å². The van der Waals surface area contributed by atoms with Gasteiger partial charge in [0.1, 0.15) is 0 Å². The highest BCUT2D eigenvalue weighted by Gasteiger charge is 2.31. The first-order valence-electron chi connectivity index (χ1n) is 6.41. The molecule has 0 radical (unpaired) electrons. The molecule has 1 aromatic rings. The first-order chi connectivity index (χ1) is 8.96. The lowest BCUT2D eigenvalue weighted by Gasteiger charge is -2.24. The second-order valence-electron chi connectivity index (χ2n) is 4.76. The first-order valence-corrected chi connectivity index (χ1v) is 7.85. The van der Waals surface area contributed by atoms with E-state index in [2.05, 4.69) is 0 Å². The zero-order chi connectivity index (χ0) is 14.0. The lowest BCUT2D eigenvalue weighted by Crippen LogP contribution is -2.37. The van der Waals surface area contributed by atoms with E-state index in [1.165, 1.54) is 4.31 Å². The molecular formula is C13H20N2O3S. The average molecular weight is 284 g/mol. The predicted octanol–water partition coefficient (Wildman–Crippen LogP) is 1.24. The van der Waals surface area contributed by atoms with E-state index < -0.39 is 10.0 Å². The van der Waals surface area contributed by atoms with E-state index >= 15 is 0 Å². The molecule has 1 aliphatic rings. The second kappa shape index (κ2) is 5.48. The number of anilines is 1. The first kappa shape index (κ1) is 14.3. The molecule has 106 valence electrons. The van der Waals surface area contributed by atoms with Gasteiger partial charge in [-0.3, -0.25) is 0 Å². The molecule has 1 fully saturated rings. The smallest absolute Gasteiger partial charge is 0.243 e. The van der Waals surface area contributed by atoms with E-state index in [9.17, 15) is 8.42 Å². The molecule has 1 aliphatic heterocycles. The van der Waals surface area contributed by atoms with Crippen molar-refractivity contribution in [3.63, 3.8) is 0 Å². The summed E-state index contributed by atoms with van der Waals surface area (Å²) in [6.07, 6.45) is 1.39. The van der Waals surface area contributed by atoms with Crippen molar-refractivity contribution < 1.29 is 13.2 Å². The summed E-state index contributed by atoms with van der Waals surface area (Å²) in [5.41, 5.74) is 6.98. The highest BCUT2D eigenvalue weighted by atomic mass is 32.2. The molecule has 0 spiro atoms. The highest BCUT2D eigenvalue weighted by molar-refractivity contribution is 7.89. The quantitative estimate of drug-likeness (QED) is 0.844. The van der Waals surface area contributed by atoms with Gasteiger partial charge in [-0.05, 0) is 30.5 Å². The predicted molar refractivity (Wildman–Crippen MR) is 74.4 cm³/mol. The number of sulfonamides is 1. The van der Waals surface area contributed by atoms with Crippen LogP contribution in [-0.2, 0) is 21.2 Å². The molecule has 1 heterocycles. The zero-order valence-corrected chi connectivity index (χ0v) is 12.1. The molecule has 2 N–H and O–H groups in total. The van der Waals surface area contributed by atoms with Crippen molar-refractivity contribution in [1.82, 2.24) is 4.31 Å². The maximum Gasteiger partial charge on any atom is 0.243 e. The Morgan fingerprint density at radius 3 is 2.79 bits per heavy atom. The third kappa shape index (κ3) is 2.75. The maximum absolute atomic E-state index is 12.7. The molecule has 1 aromatic carbocycles. The largest absolute Gasteiger partial charge is 0.399 e. The number of benzene rings is 1. The van der Waals surface area contributed by atoms with Crippen LogP contribution < -0.4 is 5.73 Å². The molecule has 19 heavy (non-hydrogen) atoms. The highest BCUT2D eigenvalue weighted by Crippen LogP contribution is 2.25. The molecular weight excluding hydrogens is 264 g/mol. The summed E-state index contributed by atoms with van der Waals surface area (Å²) >= 11 is 0. The van der Waals surface area contributed by atoms with Crippen molar-refractivity contribution in [2.45, 2.75) is 30.7 Å². The number of likely N-dealkylation sites (N-methyl/N-ethyl adjacent to an activating group) is 1. The average Bonchev–Trinajstić information content (AvgIpc) is 2.91. The Labute approximate surface area is 114 Å². The Morgan fingerprint density at radius 2 is 2.21 bits per heavy atom. The van der Waals surface area contributed by atoms with Crippen molar-refractivity contribution in [3.8, 4) is 0 Å². The van der Waals surface area contributed by atoms with Gasteiger partial charge >= 0.3 is 0 Å². The van der Waals surface area contributed by atoms with E-state index in [1.807, 2.05) is 6.92 Å². The molecule has 0 bridgehead atoms. The summed E-state index contributed by atoms with van der Waals surface area (Å²) in [5.74, 6) is 0.